The summed E-state index contributed by atoms with van der Waals surface area (Å²) >= 11 is 0.312. The molecule has 22 heavy (non-hydrogen) atoms. The fourth-order valence-electron chi connectivity index (χ4n) is 1.30. The number of hydrogen-bond donors (Lipinski definition) is 2. The van der Waals surface area contributed by atoms with Gasteiger partial charge in [0.25, 0.3) is 0 Å². The fraction of sp³-hybridized carbons (Fsp3) is 0.455. The third-order valence-electron chi connectivity index (χ3n) is 2.17. The quantitative estimate of drug-likeness (QED) is 0.769. The third-order valence-corrected chi connectivity index (χ3v) is 3.12. The maximum atomic E-state index is 12.8. The lowest BCUT2D eigenvalue weighted by molar-refractivity contribution is -0.141. The molecule has 1 rings (SSSR count). The molecule has 2 N–H and O–H groups in total. The molecule has 0 aliphatic carbocycles. The van der Waals surface area contributed by atoms with E-state index in [1.54, 1.807) is 0 Å². The van der Waals surface area contributed by atoms with Gasteiger partial charge in [0.1, 0.15) is 4.88 Å². The van der Waals surface area contributed by atoms with Crippen molar-refractivity contribution < 1.29 is 37.4 Å². The van der Waals surface area contributed by atoms with Crippen LogP contribution in [-0.4, -0.2) is 34.5 Å². The molecule has 0 aromatic carbocycles. The number of aromatic nitrogens is 1. The van der Waals surface area contributed by atoms with Crippen LogP contribution in [0.1, 0.15) is 35.1 Å². The Morgan fingerprint density at radius 1 is 1.32 bits per heavy atom. The summed E-state index contributed by atoms with van der Waals surface area (Å²) in [7, 11) is 0. The first-order valence-corrected chi connectivity index (χ1v) is 6.73. The Morgan fingerprint density at radius 3 is 2.45 bits per heavy atom. The average molecular weight is 340 g/mol. The topological polar surface area (TPSA) is 106 Å². The molecule has 0 saturated heterocycles. The lowest BCUT2D eigenvalue weighted by Crippen LogP contribution is -2.14. The molecule has 122 valence electrons. The molecule has 0 aliphatic rings. The number of carbonyl (C=O) groups is 3. The van der Waals surface area contributed by atoms with Crippen LogP contribution in [0.5, 0.6) is 0 Å². The first kappa shape index (κ1) is 17.9. The normalized spacial score (nSPS) is 11.1. The molecule has 0 saturated carbocycles. The Morgan fingerprint density at radius 2 is 1.95 bits per heavy atom. The van der Waals surface area contributed by atoms with Crippen molar-refractivity contribution in [3.63, 3.8) is 0 Å². The number of alkyl halides is 3. The molecule has 1 aromatic heterocycles. The van der Waals surface area contributed by atoms with Crippen LogP contribution < -0.4 is 5.32 Å². The first-order valence-electron chi connectivity index (χ1n) is 5.92. The van der Waals surface area contributed by atoms with Gasteiger partial charge in [-0.1, -0.05) is 11.3 Å². The summed E-state index contributed by atoms with van der Waals surface area (Å²) in [6.07, 6.45) is -5.79. The molecule has 0 spiro atoms. The van der Waals surface area contributed by atoms with E-state index in [2.05, 4.69) is 9.72 Å². The van der Waals surface area contributed by atoms with Crippen molar-refractivity contribution in [2.24, 2.45) is 0 Å². The smallest absolute Gasteiger partial charge is 0.435 e. The summed E-state index contributed by atoms with van der Waals surface area (Å²) in [5, 5.41) is 9.98. The number of nitrogens with zero attached hydrogens (tertiary/aromatic N) is 1. The zero-order valence-electron chi connectivity index (χ0n) is 11.2. The van der Waals surface area contributed by atoms with Gasteiger partial charge >= 0.3 is 18.1 Å². The Kier molecular flexibility index (Phi) is 5.85. The van der Waals surface area contributed by atoms with Crippen LogP contribution in [0, 0.1) is 0 Å². The van der Waals surface area contributed by atoms with Gasteiger partial charge < -0.3 is 15.2 Å². The molecule has 0 aliphatic heterocycles. The summed E-state index contributed by atoms with van der Waals surface area (Å²) in [5.41, 5.74) is -1.45. The van der Waals surface area contributed by atoms with E-state index in [1.165, 1.54) is 6.92 Å². The molecule has 0 radical (unpaired) electrons. The molecular weight excluding hydrogens is 329 g/mol. The van der Waals surface area contributed by atoms with Gasteiger partial charge in [0.15, 0.2) is 10.8 Å². The zero-order chi connectivity index (χ0) is 16.9. The van der Waals surface area contributed by atoms with E-state index in [0.717, 1.165) is 0 Å². The van der Waals surface area contributed by atoms with Crippen molar-refractivity contribution in [3.8, 4) is 0 Å². The first-order chi connectivity index (χ1) is 10.1. The summed E-state index contributed by atoms with van der Waals surface area (Å²) in [5.74, 6) is -3.24. The van der Waals surface area contributed by atoms with Crippen molar-refractivity contribution in [3.05, 3.63) is 10.6 Å². The number of thiazole rings is 1. The number of amides is 1. The maximum Gasteiger partial charge on any atom is 0.435 e. The van der Waals surface area contributed by atoms with Crippen LogP contribution in [-0.2, 0) is 20.5 Å². The minimum Gasteiger partial charge on any atom is -0.481 e. The van der Waals surface area contributed by atoms with Crippen molar-refractivity contribution in [2.75, 3.05) is 11.9 Å². The minimum absolute atomic E-state index is 0.117. The van der Waals surface area contributed by atoms with Crippen molar-refractivity contribution in [1.29, 1.82) is 0 Å². The van der Waals surface area contributed by atoms with Crippen LogP contribution >= 0.6 is 11.3 Å². The lowest BCUT2D eigenvalue weighted by atomic mass is 10.3. The molecule has 0 atom stereocenters. The highest BCUT2D eigenvalue weighted by molar-refractivity contribution is 7.17. The monoisotopic (exact) mass is 340 g/mol. The second-order valence-electron chi connectivity index (χ2n) is 3.86. The van der Waals surface area contributed by atoms with Crippen molar-refractivity contribution in [2.45, 2.75) is 25.9 Å². The van der Waals surface area contributed by atoms with E-state index in [1.807, 2.05) is 5.32 Å². The number of carboxylic acid groups (broad SMARTS) is 1. The van der Waals surface area contributed by atoms with Crippen LogP contribution in [0.4, 0.5) is 18.3 Å². The number of halogens is 3. The van der Waals surface area contributed by atoms with Gasteiger partial charge in [-0.3, -0.25) is 9.59 Å². The number of carboxylic acids is 1. The molecule has 7 nitrogen and oxygen atoms in total. The molecule has 0 fully saturated rings. The van der Waals surface area contributed by atoms with E-state index in [4.69, 9.17) is 5.11 Å². The molecule has 1 aromatic rings. The van der Waals surface area contributed by atoms with Crippen molar-refractivity contribution in [1.82, 2.24) is 4.98 Å². The standard InChI is InChI=1S/C11H11F3N2O5S/c1-2-21-9(20)7-8(11(12,13)14)16-10(22-7)15-5(17)3-4-6(18)19/h2-4H2,1H3,(H,18,19)(H,15,16,17). The van der Waals surface area contributed by atoms with Crippen LogP contribution in [0.25, 0.3) is 0 Å². The predicted octanol–water partition coefficient (Wildman–Crippen LogP) is 2.14. The second kappa shape index (κ2) is 7.20. The van der Waals surface area contributed by atoms with Crippen LogP contribution in [0.2, 0.25) is 0 Å². The van der Waals surface area contributed by atoms with Crippen molar-refractivity contribution >= 4 is 34.3 Å². The summed E-state index contributed by atoms with van der Waals surface area (Å²) in [6, 6.07) is 0. The van der Waals surface area contributed by atoms with Gasteiger partial charge in [-0.25, -0.2) is 9.78 Å². The predicted molar refractivity (Wildman–Crippen MR) is 68.6 cm³/mol. The van der Waals surface area contributed by atoms with E-state index < -0.39 is 52.6 Å². The molecule has 11 heteroatoms. The van der Waals surface area contributed by atoms with Gasteiger partial charge in [0.2, 0.25) is 5.91 Å². The van der Waals surface area contributed by atoms with Crippen LogP contribution in [0.15, 0.2) is 0 Å². The minimum atomic E-state index is -4.89. The fourth-order valence-corrected chi connectivity index (χ4v) is 2.20. The number of carbonyl (C=O) groups excluding carboxylic acids is 2. The van der Waals surface area contributed by atoms with E-state index in [9.17, 15) is 27.6 Å². The summed E-state index contributed by atoms with van der Waals surface area (Å²) in [4.78, 5) is 35.6. The summed E-state index contributed by atoms with van der Waals surface area (Å²) in [6.45, 7) is 1.31. The number of anilines is 1. The Bertz CT molecular complexity index is 585. The highest BCUT2D eigenvalue weighted by Crippen LogP contribution is 2.36. The Balaban J connectivity index is 2.96. The maximum absolute atomic E-state index is 12.8. The number of nitrogens with one attached hydrogen (secondary N) is 1. The average Bonchev–Trinajstić information content (AvgIpc) is 2.80. The van der Waals surface area contributed by atoms with Gasteiger partial charge in [-0.2, -0.15) is 13.2 Å². The Hall–Kier alpha value is -2.17. The number of ether oxygens (including phenoxy) is 1. The zero-order valence-corrected chi connectivity index (χ0v) is 12.0. The third kappa shape index (κ3) is 4.98. The SMILES string of the molecule is CCOC(=O)c1sc(NC(=O)CCC(=O)O)nc1C(F)(F)F. The van der Waals surface area contributed by atoms with Crippen LogP contribution in [0.3, 0.4) is 0 Å². The Labute approximate surface area is 126 Å². The van der Waals surface area contributed by atoms with Gasteiger partial charge in [-0.05, 0) is 6.92 Å². The molecule has 0 unspecified atom stereocenters. The van der Waals surface area contributed by atoms with Gasteiger partial charge in [0.05, 0.1) is 13.0 Å². The number of rotatable bonds is 6. The van der Waals surface area contributed by atoms with E-state index in [0.29, 0.717) is 11.3 Å². The lowest BCUT2D eigenvalue weighted by Gasteiger charge is -2.04. The number of aliphatic carboxylic acids is 1. The molecular formula is C11H11F3N2O5S. The molecule has 1 heterocycles. The molecule has 0 bridgehead atoms. The largest absolute Gasteiger partial charge is 0.481 e. The van der Waals surface area contributed by atoms with Gasteiger partial charge in [0, 0.05) is 6.42 Å². The highest BCUT2D eigenvalue weighted by Gasteiger charge is 2.40. The van der Waals surface area contributed by atoms with E-state index >= 15 is 0 Å². The number of esters is 1. The highest BCUT2D eigenvalue weighted by atomic mass is 32.1. The summed E-state index contributed by atoms with van der Waals surface area (Å²) < 4.78 is 42.9. The number of hydrogen-bond acceptors (Lipinski definition) is 6. The van der Waals surface area contributed by atoms with E-state index in [-0.39, 0.29) is 6.61 Å². The second-order valence-corrected chi connectivity index (χ2v) is 4.86. The van der Waals surface area contributed by atoms with Gasteiger partial charge in [-0.15, -0.1) is 0 Å². The molecule has 1 amide bonds.